The number of hydrogen-bond acceptors (Lipinski definition) is 4. The highest BCUT2D eigenvalue weighted by atomic mass is 79.9. The van der Waals surface area contributed by atoms with Crippen molar-refractivity contribution in [2.24, 2.45) is 0 Å². The fraction of sp³-hybridized carbons (Fsp3) is 0.259. The number of benzene rings is 3. The van der Waals surface area contributed by atoms with Gasteiger partial charge in [0.15, 0.2) is 11.5 Å². The number of methoxy groups -OCH3 is 1. The van der Waals surface area contributed by atoms with E-state index in [0.29, 0.717) is 42.9 Å². The van der Waals surface area contributed by atoms with E-state index in [1.807, 2.05) is 45.0 Å². The van der Waals surface area contributed by atoms with Gasteiger partial charge in [0.25, 0.3) is 0 Å². The molecule has 0 amide bonds. The first-order valence-corrected chi connectivity index (χ1v) is 12.3. The van der Waals surface area contributed by atoms with Crippen molar-refractivity contribution in [1.82, 2.24) is 0 Å². The van der Waals surface area contributed by atoms with Gasteiger partial charge in [0.2, 0.25) is 0 Å². The first kappa shape index (κ1) is 26.0. The van der Waals surface area contributed by atoms with Crippen LogP contribution in [0.25, 0.3) is 0 Å². The summed E-state index contributed by atoms with van der Waals surface area (Å²) in [5, 5.41) is 9.37. The molecule has 0 saturated heterocycles. The quantitative estimate of drug-likeness (QED) is 0.271. The van der Waals surface area contributed by atoms with Gasteiger partial charge in [-0.25, -0.2) is 0 Å². The molecule has 0 fully saturated rings. The van der Waals surface area contributed by atoms with Crippen LogP contribution in [-0.4, -0.2) is 24.0 Å². The van der Waals surface area contributed by atoms with Gasteiger partial charge in [0, 0.05) is 11.1 Å². The van der Waals surface area contributed by atoms with Gasteiger partial charge in [-0.05, 0) is 87.5 Å². The predicted molar refractivity (Wildman–Crippen MR) is 140 cm³/mol. The first-order chi connectivity index (χ1) is 16.0. The topological polar surface area (TPSA) is 72.8 Å². The summed E-state index contributed by atoms with van der Waals surface area (Å²) in [6.07, 6.45) is 0. The van der Waals surface area contributed by atoms with E-state index in [-0.39, 0.29) is 11.7 Å². The molecular formula is C27H26Br2O5. The van der Waals surface area contributed by atoms with Crippen LogP contribution >= 0.6 is 31.9 Å². The minimum Gasteiger partial charge on any atom is -0.496 e. The predicted octanol–water partition coefficient (Wildman–Crippen LogP) is 7.86. The zero-order valence-corrected chi connectivity index (χ0v) is 22.8. The van der Waals surface area contributed by atoms with Gasteiger partial charge >= 0.3 is 5.97 Å². The minimum atomic E-state index is -0.921. The van der Waals surface area contributed by atoms with Crippen molar-refractivity contribution in [2.45, 2.75) is 39.5 Å². The summed E-state index contributed by atoms with van der Waals surface area (Å²) in [6.45, 7) is 7.63. The molecule has 7 heteroatoms. The van der Waals surface area contributed by atoms with E-state index in [2.05, 4.69) is 31.9 Å². The molecule has 0 aliphatic rings. The Morgan fingerprint density at radius 3 is 2.12 bits per heavy atom. The van der Waals surface area contributed by atoms with E-state index in [0.717, 1.165) is 11.1 Å². The van der Waals surface area contributed by atoms with Gasteiger partial charge in [0.05, 0.1) is 27.5 Å². The third kappa shape index (κ3) is 5.53. The van der Waals surface area contributed by atoms with Crippen LogP contribution in [0.3, 0.4) is 0 Å². The van der Waals surface area contributed by atoms with Crippen LogP contribution in [0.2, 0.25) is 0 Å². The van der Waals surface area contributed by atoms with E-state index in [4.69, 9.17) is 9.47 Å². The van der Waals surface area contributed by atoms with Gasteiger partial charge in [-0.15, -0.1) is 0 Å². The van der Waals surface area contributed by atoms with Gasteiger partial charge < -0.3 is 14.6 Å². The molecule has 0 aromatic heterocycles. The fourth-order valence-corrected chi connectivity index (χ4v) is 4.97. The van der Waals surface area contributed by atoms with Crippen molar-refractivity contribution in [3.8, 4) is 17.2 Å². The number of aliphatic carboxylic acids is 1. The summed E-state index contributed by atoms with van der Waals surface area (Å²) in [4.78, 5) is 24.9. The summed E-state index contributed by atoms with van der Waals surface area (Å²) < 4.78 is 13.0. The van der Waals surface area contributed by atoms with Crippen molar-refractivity contribution in [3.63, 3.8) is 0 Å². The Hall–Kier alpha value is -2.64. The second-order valence-corrected chi connectivity index (χ2v) is 10.1. The Kier molecular flexibility index (Phi) is 8.21. The number of rotatable bonds is 8. The summed E-state index contributed by atoms with van der Waals surface area (Å²) in [6, 6.07) is 14.4. The highest BCUT2D eigenvalue weighted by Crippen LogP contribution is 2.43. The highest BCUT2D eigenvalue weighted by molar-refractivity contribution is 9.11. The number of carboxylic acid groups (broad SMARTS) is 1. The molecule has 3 aromatic carbocycles. The molecule has 0 aliphatic heterocycles. The van der Waals surface area contributed by atoms with Crippen molar-refractivity contribution < 1.29 is 24.2 Å². The van der Waals surface area contributed by atoms with Gasteiger partial charge in [-0.1, -0.05) is 37.6 Å². The van der Waals surface area contributed by atoms with Crippen LogP contribution < -0.4 is 9.47 Å². The zero-order valence-electron chi connectivity index (χ0n) is 19.6. The van der Waals surface area contributed by atoms with E-state index in [9.17, 15) is 14.7 Å². The lowest BCUT2D eigenvalue weighted by molar-refractivity contribution is -0.138. The number of ether oxygens (including phenoxy) is 2. The number of aryl methyl sites for hydroxylation is 1. The molecule has 5 nitrogen and oxygen atoms in total. The highest BCUT2D eigenvalue weighted by Gasteiger charge is 2.23. The maximum Gasteiger partial charge on any atom is 0.310 e. The summed E-state index contributed by atoms with van der Waals surface area (Å²) in [7, 11) is 1.58. The molecule has 0 spiro atoms. The number of halogens is 2. The average Bonchev–Trinajstić information content (AvgIpc) is 2.79. The van der Waals surface area contributed by atoms with E-state index in [1.165, 1.54) is 0 Å². The monoisotopic (exact) mass is 588 g/mol. The van der Waals surface area contributed by atoms with Crippen molar-refractivity contribution in [2.75, 3.05) is 7.11 Å². The van der Waals surface area contributed by atoms with Crippen LogP contribution in [0.15, 0.2) is 57.5 Å². The lowest BCUT2D eigenvalue weighted by Crippen LogP contribution is -2.08. The van der Waals surface area contributed by atoms with Crippen LogP contribution in [-0.2, 0) is 4.79 Å². The Balaban J connectivity index is 2.16. The zero-order chi connectivity index (χ0) is 25.2. The normalized spacial score (nSPS) is 11.9. The summed E-state index contributed by atoms with van der Waals surface area (Å²) in [5.74, 6) is -0.219. The lowest BCUT2D eigenvalue weighted by atomic mass is 9.95. The molecule has 178 valence electrons. The average molecular weight is 590 g/mol. The molecule has 0 bridgehead atoms. The molecule has 0 radical (unpaired) electrons. The standard InChI is InChI=1S/C27H26Br2O5/c1-14(2)19-12-24(34-26-21(28)10-18(11-22(26)29)16(4)27(31)32)20(13-23(19)33-5)25(30)17-8-6-7-15(3)9-17/h6-14,16H,1-5H3,(H,31,32). The minimum absolute atomic E-state index is 0.131. The summed E-state index contributed by atoms with van der Waals surface area (Å²) >= 11 is 7.01. The molecule has 0 heterocycles. The van der Waals surface area contributed by atoms with Gasteiger partial charge in [-0.2, -0.15) is 0 Å². The Labute approximate surface area is 216 Å². The smallest absolute Gasteiger partial charge is 0.310 e. The second kappa shape index (κ2) is 10.7. The van der Waals surface area contributed by atoms with Gasteiger partial charge in [0.1, 0.15) is 11.5 Å². The molecule has 3 rings (SSSR count). The van der Waals surface area contributed by atoms with Crippen LogP contribution in [0.4, 0.5) is 0 Å². The summed E-state index contributed by atoms with van der Waals surface area (Å²) in [5.41, 5.74) is 3.42. The van der Waals surface area contributed by atoms with E-state index in [1.54, 1.807) is 38.3 Å². The van der Waals surface area contributed by atoms with Crippen LogP contribution in [0.1, 0.15) is 65.2 Å². The maximum absolute atomic E-state index is 13.5. The molecule has 34 heavy (non-hydrogen) atoms. The largest absolute Gasteiger partial charge is 0.496 e. The fourth-order valence-electron chi connectivity index (χ4n) is 3.59. The molecule has 0 aliphatic carbocycles. The second-order valence-electron chi connectivity index (χ2n) is 8.42. The van der Waals surface area contributed by atoms with Crippen LogP contribution in [0.5, 0.6) is 17.2 Å². The molecule has 1 N–H and O–H groups in total. The van der Waals surface area contributed by atoms with Crippen molar-refractivity contribution in [3.05, 3.63) is 85.3 Å². The number of hydrogen-bond donors (Lipinski definition) is 1. The van der Waals surface area contributed by atoms with Gasteiger partial charge in [-0.3, -0.25) is 9.59 Å². The Morgan fingerprint density at radius 1 is 0.941 bits per heavy atom. The molecule has 1 atom stereocenters. The SMILES string of the molecule is COc1cc(C(=O)c2cccc(C)c2)c(Oc2c(Br)cc(C(C)C(=O)O)cc2Br)cc1C(C)C. The third-order valence-corrected chi connectivity index (χ3v) is 6.76. The lowest BCUT2D eigenvalue weighted by Gasteiger charge is -2.19. The number of carbonyl (C=O) groups is 2. The third-order valence-electron chi connectivity index (χ3n) is 5.58. The maximum atomic E-state index is 13.5. The van der Waals surface area contributed by atoms with E-state index < -0.39 is 11.9 Å². The molecule has 3 aromatic rings. The molecule has 0 saturated carbocycles. The number of carboxylic acids is 1. The van der Waals surface area contributed by atoms with Crippen molar-refractivity contribution >= 4 is 43.6 Å². The number of carbonyl (C=O) groups excluding carboxylic acids is 1. The molecular weight excluding hydrogens is 564 g/mol. The van der Waals surface area contributed by atoms with E-state index >= 15 is 0 Å². The number of ketones is 1. The Bertz CT molecular complexity index is 1230. The molecule has 1 unspecified atom stereocenters. The van der Waals surface area contributed by atoms with Crippen molar-refractivity contribution in [1.29, 1.82) is 0 Å². The Morgan fingerprint density at radius 2 is 1.59 bits per heavy atom. The van der Waals surface area contributed by atoms with Crippen LogP contribution in [0, 0.1) is 6.92 Å². The first-order valence-electron chi connectivity index (χ1n) is 10.8.